The van der Waals surface area contributed by atoms with Gasteiger partial charge in [0.05, 0.1) is 18.8 Å². The van der Waals surface area contributed by atoms with Gasteiger partial charge in [-0.25, -0.2) is 4.98 Å². The molecule has 1 aromatic carbocycles. The molecular formula is C16H20N4O. The summed E-state index contributed by atoms with van der Waals surface area (Å²) in [6, 6.07) is 8.89. The third-order valence-electron chi connectivity index (χ3n) is 3.76. The minimum atomic E-state index is 0.284. The maximum atomic E-state index is 5.16. The molecule has 21 heavy (non-hydrogen) atoms. The Balaban J connectivity index is 1.84. The van der Waals surface area contributed by atoms with Crippen LogP contribution >= 0.6 is 0 Å². The van der Waals surface area contributed by atoms with Gasteiger partial charge in [-0.05, 0) is 11.1 Å². The van der Waals surface area contributed by atoms with E-state index in [1.54, 1.807) is 19.5 Å². The summed E-state index contributed by atoms with van der Waals surface area (Å²) in [5, 5.41) is 3.46. The van der Waals surface area contributed by atoms with Crippen molar-refractivity contribution in [3.8, 4) is 0 Å². The molecule has 1 N–H and O–H groups in total. The second-order valence-corrected chi connectivity index (χ2v) is 5.15. The van der Waals surface area contributed by atoms with Crippen LogP contribution in [0.25, 0.3) is 0 Å². The Morgan fingerprint density at radius 2 is 2.14 bits per heavy atom. The largest absolute Gasteiger partial charge is 0.380 e. The summed E-state index contributed by atoms with van der Waals surface area (Å²) in [6.07, 6.45) is 5.29. The van der Waals surface area contributed by atoms with E-state index in [4.69, 9.17) is 4.74 Å². The van der Waals surface area contributed by atoms with Crippen LogP contribution in [0.3, 0.4) is 0 Å². The molecule has 1 unspecified atom stereocenters. The van der Waals surface area contributed by atoms with E-state index in [1.807, 2.05) is 6.20 Å². The monoisotopic (exact) mass is 284 g/mol. The van der Waals surface area contributed by atoms with E-state index in [2.05, 4.69) is 44.5 Å². The maximum Gasteiger partial charge on any atom is 0.147 e. The molecule has 1 fully saturated rings. The molecule has 2 aromatic rings. The van der Waals surface area contributed by atoms with Crippen LogP contribution in [-0.4, -0.2) is 36.7 Å². The fraction of sp³-hybridized carbons (Fsp3) is 0.375. The standard InChI is InChI=1S/C16H20N4O/c1-21-12-13-2-4-14(5-3-13)15-10-18-8-9-20(15)16-11-17-6-7-19-16/h2-7,11,15,18H,8-10,12H2,1H3. The van der Waals surface area contributed by atoms with Crippen molar-refractivity contribution < 1.29 is 4.74 Å². The third-order valence-corrected chi connectivity index (χ3v) is 3.76. The Morgan fingerprint density at radius 1 is 1.29 bits per heavy atom. The number of methoxy groups -OCH3 is 1. The van der Waals surface area contributed by atoms with Crippen molar-refractivity contribution in [2.24, 2.45) is 0 Å². The molecule has 3 rings (SSSR count). The minimum Gasteiger partial charge on any atom is -0.380 e. The molecule has 1 aromatic heterocycles. The van der Waals surface area contributed by atoms with Gasteiger partial charge in [0.15, 0.2) is 0 Å². The van der Waals surface area contributed by atoms with Crippen molar-refractivity contribution in [3.63, 3.8) is 0 Å². The van der Waals surface area contributed by atoms with E-state index < -0.39 is 0 Å². The molecule has 0 amide bonds. The first-order valence-electron chi connectivity index (χ1n) is 7.19. The highest BCUT2D eigenvalue weighted by molar-refractivity contribution is 5.42. The highest BCUT2D eigenvalue weighted by Gasteiger charge is 2.24. The van der Waals surface area contributed by atoms with Crippen molar-refractivity contribution >= 4 is 5.82 Å². The van der Waals surface area contributed by atoms with Gasteiger partial charge < -0.3 is 15.0 Å². The Kier molecular flexibility index (Phi) is 4.43. The molecule has 0 spiro atoms. The first-order chi connectivity index (χ1) is 10.4. The van der Waals surface area contributed by atoms with Gasteiger partial charge in [0, 0.05) is 39.1 Å². The molecule has 5 heteroatoms. The van der Waals surface area contributed by atoms with Gasteiger partial charge in [0.25, 0.3) is 0 Å². The first-order valence-corrected chi connectivity index (χ1v) is 7.19. The van der Waals surface area contributed by atoms with Crippen molar-refractivity contribution in [3.05, 3.63) is 54.0 Å². The van der Waals surface area contributed by atoms with E-state index in [9.17, 15) is 0 Å². The predicted molar refractivity (Wildman–Crippen MR) is 82.1 cm³/mol. The second-order valence-electron chi connectivity index (χ2n) is 5.15. The van der Waals surface area contributed by atoms with E-state index >= 15 is 0 Å². The molecule has 1 saturated heterocycles. The zero-order valence-corrected chi connectivity index (χ0v) is 12.2. The lowest BCUT2D eigenvalue weighted by atomic mass is 10.0. The highest BCUT2D eigenvalue weighted by atomic mass is 16.5. The molecular weight excluding hydrogens is 264 g/mol. The number of benzene rings is 1. The van der Waals surface area contributed by atoms with Gasteiger partial charge in [0.1, 0.15) is 5.82 Å². The number of aromatic nitrogens is 2. The number of piperazine rings is 1. The SMILES string of the molecule is COCc1ccc(C2CNCCN2c2cnccn2)cc1. The lowest BCUT2D eigenvalue weighted by Gasteiger charge is -2.37. The van der Waals surface area contributed by atoms with Crippen LogP contribution in [0, 0.1) is 0 Å². The van der Waals surface area contributed by atoms with Crippen LogP contribution in [-0.2, 0) is 11.3 Å². The molecule has 1 aliphatic rings. The molecule has 1 atom stereocenters. The van der Waals surface area contributed by atoms with Gasteiger partial charge in [0.2, 0.25) is 0 Å². The third kappa shape index (κ3) is 3.20. The van der Waals surface area contributed by atoms with Crippen molar-refractivity contribution in [1.82, 2.24) is 15.3 Å². The van der Waals surface area contributed by atoms with E-state index in [0.717, 1.165) is 25.5 Å². The van der Waals surface area contributed by atoms with Crippen LogP contribution < -0.4 is 10.2 Å². The highest BCUT2D eigenvalue weighted by Crippen LogP contribution is 2.26. The van der Waals surface area contributed by atoms with Crippen LogP contribution in [0.15, 0.2) is 42.9 Å². The van der Waals surface area contributed by atoms with Gasteiger partial charge in [-0.15, -0.1) is 0 Å². The second kappa shape index (κ2) is 6.65. The molecule has 0 saturated carbocycles. The van der Waals surface area contributed by atoms with Gasteiger partial charge in [-0.2, -0.15) is 0 Å². The molecule has 5 nitrogen and oxygen atoms in total. The number of ether oxygens (including phenoxy) is 1. The zero-order chi connectivity index (χ0) is 14.5. The van der Waals surface area contributed by atoms with E-state index in [1.165, 1.54) is 11.1 Å². The number of nitrogens with one attached hydrogen (secondary N) is 1. The quantitative estimate of drug-likeness (QED) is 0.927. The van der Waals surface area contributed by atoms with Gasteiger partial charge in [-0.1, -0.05) is 24.3 Å². The summed E-state index contributed by atoms with van der Waals surface area (Å²) in [7, 11) is 1.72. The summed E-state index contributed by atoms with van der Waals surface area (Å²) in [4.78, 5) is 10.9. The Bertz CT molecular complexity index is 558. The average molecular weight is 284 g/mol. The van der Waals surface area contributed by atoms with E-state index in [0.29, 0.717) is 6.61 Å². The molecule has 2 heterocycles. The lowest BCUT2D eigenvalue weighted by Crippen LogP contribution is -2.46. The van der Waals surface area contributed by atoms with Gasteiger partial charge >= 0.3 is 0 Å². The fourth-order valence-corrected chi connectivity index (χ4v) is 2.72. The van der Waals surface area contributed by atoms with Crippen molar-refractivity contribution in [2.75, 3.05) is 31.6 Å². The number of hydrogen-bond acceptors (Lipinski definition) is 5. The summed E-state index contributed by atoms with van der Waals surface area (Å²) >= 11 is 0. The maximum absolute atomic E-state index is 5.16. The predicted octanol–water partition coefficient (Wildman–Crippen LogP) is 1.77. The Morgan fingerprint density at radius 3 is 2.86 bits per heavy atom. The number of nitrogens with zero attached hydrogens (tertiary/aromatic N) is 3. The Labute approximate surface area is 125 Å². The average Bonchev–Trinajstić information content (AvgIpc) is 2.57. The molecule has 0 radical (unpaired) electrons. The van der Waals surface area contributed by atoms with Gasteiger partial charge in [-0.3, -0.25) is 4.98 Å². The van der Waals surface area contributed by atoms with Crippen LogP contribution in [0.5, 0.6) is 0 Å². The fourth-order valence-electron chi connectivity index (χ4n) is 2.72. The van der Waals surface area contributed by atoms with Crippen LogP contribution in [0.1, 0.15) is 17.2 Å². The zero-order valence-electron chi connectivity index (χ0n) is 12.2. The van der Waals surface area contributed by atoms with Crippen LogP contribution in [0.4, 0.5) is 5.82 Å². The summed E-state index contributed by atoms with van der Waals surface area (Å²) < 4.78 is 5.16. The number of rotatable bonds is 4. The normalized spacial score (nSPS) is 18.7. The molecule has 1 aliphatic heterocycles. The Hall–Kier alpha value is -1.98. The van der Waals surface area contributed by atoms with Crippen molar-refractivity contribution in [1.29, 1.82) is 0 Å². The summed E-state index contributed by atoms with van der Waals surface area (Å²) in [6.45, 7) is 3.47. The molecule has 0 aliphatic carbocycles. The van der Waals surface area contributed by atoms with Crippen molar-refractivity contribution in [2.45, 2.75) is 12.6 Å². The topological polar surface area (TPSA) is 50.3 Å². The summed E-state index contributed by atoms with van der Waals surface area (Å²) in [5.41, 5.74) is 2.48. The lowest BCUT2D eigenvalue weighted by molar-refractivity contribution is 0.185. The smallest absolute Gasteiger partial charge is 0.147 e. The first kappa shape index (κ1) is 14.0. The van der Waals surface area contributed by atoms with Crippen LogP contribution in [0.2, 0.25) is 0 Å². The number of anilines is 1. The molecule has 110 valence electrons. The number of hydrogen-bond donors (Lipinski definition) is 1. The van der Waals surface area contributed by atoms with E-state index in [-0.39, 0.29) is 6.04 Å². The molecule has 0 bridgehead atoms. The summed E-state index contributed by atoms with van der Waals surface area (Å²) in [5.74, 6) is 0.935. The minimum absolute atomic E-state index is 0.284.